The predicted molar refractivity (Wildman–Crippen MR) is 82.0 cm³/mol. The lowest BCUT2D eigenvalue weighted by Gasteiger charge is -2.07. The number of nitrogens with one attached hydrogen (secondary N) is 1. The zero-order valence-corrected chi connectivity index (χ0v) is 12.3. The fraction of sp³-hybridized carbons (Fsp3) is 0.125. The highest BCUT2D eigenvalue weighted by Gasteiger charge is 2.07. The summed E-state index contributed by atoms with van der Waals surface area (Å²) in [5, 5.41) is 22.9. The van der Waals surface area contributed by atoms with E-state index in [-0.39, 0.29) is 18.1 Å². The van der Waals surface area contributed by atoms with Crippen LogP contribution in [-0.2, 0) is 4.79 Å². The number of ether oxygens (including phenoxy) is 1. The minimum Gasteiger partial charge on any atom is -0.508 e. The molecule has 2 aromatic carbocycles. The van der Waals surface area contributed by atoms with Gasteiger partial charge in [0.15, 0.2) is 6.61 Å². The van der Waals surface area contributed by atoms with E-state index in [1.54, 1.807) is 6.92 Å². The number of hydrogen-bond acceptors (Lipinski definition) is 5. The highest BCUT2D eigenvalue weighted by molar-refractivity contribution is 6.01. The van der Waals surface area contributed by atoms with Gasteiger partial charge in [-0.1, -0.05) is 0 Å². The maximum Gasteiger partial charge on any atom is 0.277 e. The van der Waals surface area contributed by atoms with Crippen LogP contribution >= 0.6 is 0 Å². The summed E-state index contributed by atoms with van der Waals surface area (Å²) in [5.74, 6) is -0.659. The van der Waals surface area contributed by atoms with E-state index in [0.717, 1.165) is 0 Å². The van der Waals surface area contributed by atoms with Gasteiger partial charge < -0.3 is 14.9 Å². The predicted octanol–water partition coefficient (Wildman–Crippen LogP) is 2.16. The van der Waals surface area contributed by atoms with E-state index in [9.17, 15) is 19.4 Å². The fourth-order valence-electron chi connectivity index (χ4n) is 1.73. The number of benzene rings is 2. The van der Waals surface area contributed by atoms with Crippen molar-refractivity contribution in [2.24, 2.45) is 5.10 Å². The Hall–Kier alpha value is -3.09. The van der Waals surface area contributed by atoms with Gasteiger partial charge in [-0.3, -0.25) is 4.79 Å². The molecule has 0 aliphatic heterocycles. The van der Waals surface area contributed by atoms with Crippen molar-refractivity contribution < 1.29 is 24.1 Å². The highest BCUT2D eigenvalue weighted by Crippen LogP contribution is 2.22. The van der Waals surface area contributed by atoms with Gasteiger partial charge in [-0.05, 0) is 49.4 Å². The fourth-order valence-corrected chi connectivity index (χ4v) is 1.73. The minimum absolute atomic E-state index is 0.0293. The molecule has 0 aliphatic carbocycles. The maximum absolute atomic E-state index is 12.7. The number of phenolic OH excluding ortho intramolecular Hbond substituents is 2. The van der Waals surface area contributed by atoms with Crippen molar-refractivity contribution in [2.75, 3.05) is 6.61 Å². The lowest BCUT2D eigenvalue weighted by Crippen LogP contribution is -2.25. The second-order valence-electron chi connectivity index (χ2n) is 4.68. The molecule has 0 atom stereocenters. The third kappa shape index (κ3) is 4.70. The summed E-state index contributed by atoms with van der Waals surface area (Å²) in [6.07, 6.45) is 0. The zero-order chi connectivity index (χ0) is 16.8. The summed E-state index contributed by atoms with van der Waals surface area (Å²) in [6, 6.07) is 9.24. The molecule has 0 bridgehead atoms. The Balaban J connectivity index is 1.92. The molecule has 0 aromatic heterocycles. The van der Waals surface area contributed by atoms with Crippen molar-refractivity contribution in [3.05, 3.63) is 53.8 Å². The van der Waals surface area contributed by atoms with E-state index in [0.29, 0.717) is 17.0 Å². The number of amides is 1. The van der Waals surface area contributed by atoms with Crippen LogP contribution in [0.4, 0.5) is 4.39 Å². The van der Waals surface area contributed by atoms with Gasteiger partial charge in [0.05, 0.1) is 5.71 Å². The molecule has 0 aliphatic rings. The first-order chi connectivity index (χ1) is 11.0. The highest BCUT2D eigenvalue weighted by atomic mass is 19.1. The Morgan fingerprint density at radius 1 is 1.22 bits per heavy atom. The number of phenols is 2. The van der Waals surface area contributed by atoms with E-state index >= 15 is 0 Å². The van der Waals surface area contributed by atoms with E-state index in [2.05, 4.69) is 10.5 Å². The van der Waals surface area contributed by atoms with Crippen LogP contribution in [0.3, 0.4) is 0 Å². The summed E-state index contributed by atoms with van der Waals surface area (Å²) in [4.78, 5) is 11.6. The minimum atomic E-state index is -0.520. The Bertz CT molecular complexity index is 729. The molecule has 2 aromatic rings. The van der Waals surface area contributed by atoms with Crippen molar-refractivity contribution in [3.63, 3.8) is 0 Å². The standard InChI is InChI=1S/C16H15FN2O4/c1-10(14-8-12(20)4-7-15(14)21)18-19-16(22)9-23-13-5-2-11(17)3-6-13/h2-8,20-21H,9H2,1H3,(H,19,22)/b18-10-. The average Bonchev–Trinajstić information content (AvgIpc) is 2.54. The molecule has 7 heteroatoms. The van der Waals surface area contributed by atoms with Gasteiger partial charge in [0.25, 0.3) is 5.91 Å². The molecular weight excluding hydrogens is 303 g/mol. The van der Waals surface area contributed by atoms with Crippen molar-refractivity contribution in [3.8, 4) is 17.2 Å². The summed E-state index contributed by atoms with van der Waals surface area (Å²) in [6.45, 7) is 1.27. The van der Waals surface area contributed by atoms with E-state index in [1.165, 1.54) is 42.5 Å². The van der Waals surface area contributed by atoms with Gasteiger partial charge in [0.2, 0.25) is 0 Å². The Kier molecular flexibility index (Phi) is 5.14. The molecule has 2 rings (SSSR count). The number of nitrogens with zero attached hydrogens (tertiary/aromatic N) is 1. The molecule has 0 saturated carbocycles. The molecule has 0 radical (unpaired) electrons. The molecule has 3 N–H and O–H groups in total. The number of aromatic hydroxyl groups is 2. The van der Waals surface area contributed by atoms with Crippen LogP contribution in [0.2, 0.25) is 0 Å². The number of carbonyl (C=O) groups is 1. The first-order valence-electron chi connectivity index (χ1n) is 6.69. The van der Waals surface area contributed by atoms with Gasteiger partial charge in [0.1, 0.15) is 23.1 Å². The largest absolute Gasteiger partial charge is 0.508 e. The van der Waals surface area contributed by atoms with Crippen LogP contribution in [0.5, 0.6) is 17.2 Å². The van der Waals surface area contributed by atoms with Crippen LogP contribution in [0.1, 0.15) is 12.5 Å². The van der Waals surface area contributed by atoms with Crippen molar-refractivity contribution in [1.82, 2.24) is 5.43 Å². The molecule has 0 saturated heterocycles. The molecule has 1 amide bonds. The molecule has 0 unspecified atom stereocenters. The summed E-state index contributed by atoms with van der Waals surface area (Å²) in [7, 11) is 0. The number of rotatable bonds is 5. The number of carbonyl (C=O) groups excluding carboxylic acids is 1. The van der Waals surface area contributed by atoms with Gasteiger partial charge in [-0.25, -0.2) is 9.82 Å². The zero-order valence-electron chi connectivity index (χ0n) is 12.3. The molecule has 6 nitrogen and oxygen atoms in total. The number of hydrazone groups is 1. The van der Waals surface area contributed by atoms with Gasteiger partial charge in [-0.2, -0.15) is 5.10 Å². The van der Waals surface area contributed by atoms with Crippen LogP contribution < -0.4 is 10.2 Å². The lowest BCUT2D eigenvalue weighted by atomic mass is 10.1. The second kappa shape index (κ2) is 7.26. The second-order valence-corrected chi connectivity index (χ2v) is 4.68. The normalized spacial score (nSPS) is 11.1. The van der Waals surface area contributed by atoms with E-state index in [4.69, 9.17) is 4.74 Å². The van der Waals surface area contributed by atoms with Crippen molar-refractivity contribution >= 4 is 11.6 Å². The summed E-state index contributed by atoms with van der Waals surface area (Å²) < 4.78 is 17.9. The number of hydrogen-bond donors (Lipinski definition) is 3. The van der Waals surface area contributed by atoms with Crippen molar-refractivity contribution in [1.29, 1.82) is 0 Å². The molecule has 0 spiro atoms. The molecule has 0 fully saturated rings. The first kappa shape index (κ1) is 16.3. The first-order valence-corrected chi connectivity index (χ1v) is 6.69. The van der Waals surface area contributed by atoms with Gasteiger partial charge in [0, 0.05) is 5.56 Å². The molecular formula is C16H15FN2O4. The van der Waals surface area contributed by atoms with Gasteiger partial charge in [-0.15, -0.1) is 0 Å². The molecule has 120 valence electrons. The molecule has 0 heterocycles. The van der Waals surface area contributed by atoms with Gasteiger partial charge >= 0.3 is 0 Å². The average molecular weight is 318 g/mol. The smallest absolute Gasteiger partial charge is 0.277 e. The third-order valence-corrected chi connectivity index (χ3v) is 2.90. The monoisotopic (exact) mass is 318 g/mol. The Labute approximate surface area is 131 Å². The van der Waals surface area contributed by atoms with Crippen LogP contribution in [0.15, 0.2) is 47.6 Å². The lowest BCUT2D eigenvalue weighted by molar-refractivity contribution is -0.123. The molecule has 23 heavy (non-hydrogen) atoms. The number of halogens is 1. The van der Waals surface area contributed by atoms with Crippen molar-refractivity contribution in [2.45, 2.75) is 6.92 Å². The topological polar surface area (TPSA) is 91.2 Å². The van der Waals surface area contributed by atoms with E-state index in [1.807, 2.05) is 0 Å². The SMILES string of the molecule is C/C(=N/NC(=O)COc1ccc(F)cc1)c1cc(O)ccc1O. The summed E-state index contributed by atoms with van der Waals surface area (Å²) in [5.41, 5.74) is 2.88. The van der Waals surface area contributed by atoms with E-state index < -0.39 is 11.7 Å². The van der Waals surface area contributed by atoms with Crippen LogP contribution in [0, 0.1) is 5.82 Å². The summed E-state index contributed by atoms with van der Waals surface area (Å²) >= 11 is 0. The Morgan fingerprint density at radius 3 is 2.61 bits per heavy atom. The quantitative estimate of drug-likeness (QED) is 0.447. The Morgan fingerprint density at radius 2 is 1.91 bits per heavy atom. The third-order valence-electron chi connectivity index (χ3n) is 2.90. The van der Waals surface area contributed by atoms with Crippen LogP contribution in [0.25, 0.3) is 0 Å². The maximum atomic E-state index is 12.7. The van der Waals surface area contributed by atoms with Crippen LogP contribution in [-0.4, -0.2) is 28.4 Å².